The molecular formula is C23H39NO3. The van der Waals surface area contributed by atoms with Gasteiger partial charge in [-0.3, -0.25) is 0 Å². The highest BCUT2D eigenvalue weighted by molar-refractivity contribution is 5.67. The van der Waals surface area contributed by atoms with Gasteiger partial charge in [-0.15, -0.1) is 0 Å². The molecule has 7 atom stereocenters. The Morgan fingerprint density at radius 2 is 1.70 bits per heavy atom. The van der Waals surface area contributed by atoms with Crippen LogP contribution in [0.15, 0.2) is 0 Å². The Kier molecular flexibility index (Phi) is 4.25. The van der Waals surface area contributed by atoms with Gasteiger partial charge in [-0.1, -0.05) is 20.8 Å². The first-order valence-corrected chi connectivity index (χ1v) is 11.0. The van der Waals surface area contributed by atoms with Gasteiger partial charge in [0.1, 0.15) is 5.60 Å². The molecule has 2 bridgehead atoms. The highest BCUT2D eigenvalue weighted by Crippen LogP contribution is 2.75. The van der Waals surface area contributed by atoms with Crippen LogP contribution in [0.2, 0.25) is 0 Å². The molecule has 4 rings (SSSR count). The van der Waals surface area contributed by atoms with Crippen LogP contribution in [0.3, 0.4) is 0 Å². The van der Waals surface area contributed by atoms with Gasteiger partial charge < -0.3 is 14.7 Å². The summed E-state index contributed by atoms with van der Waals surface area (Å²) < 4.78 is 6.04. The first kappa shape index (κ1) is 19.5. The van der Waals surface area contributed by atoms with Crippen molar-refractivity contribution in [1.29, 1.82) is 0 Å². The molecule has 0 radical (unpaired) electrons. The fraction of sp³-hybridized carbons (Fsp3) is 0.957. The van der Waals surface area contributed by atoms with Gasteiger partial charge in [0.15, 0.2) is 0 Å². The van der Waals surface area contributed by atoms with Crippen molar-refractivity contribution in [2.75, 3.05) is 14.1 Å². The van der Waals surface area contributed by atoms with Crippen LogP contribution in [-0.4, -0.2) is 41.9 Å². The lowest BCUT2D eigenvalue weighted by Crippen LogP contribution is -2.60. The largest absolute Gasteiger partial charge is 0.443 e. The summed E-state index contributed by atoms with van der Waals surface area (Å²) in [6.45, 7) is 9.44. The van der Waals surface area contributed by atoms with Crippen LogP contribution in [0.4, 0.5) is 4.79 Å². The zero-order valence-electron chi connectivity index (χ0n) is 18.2. The minimum absolute atomic E-state index is 0.173. The zero-order valence-corrected chi connectivity index (χ0v) is 18.2. The number of hydrogen-bond donors (Lipinski definition) is 1. The van der Waals surface area contributed by atoms with E-state index in [1.54, 1.807) is 19.0 Å². The Morgan fingerprint density at radius 3 is 2.37 bits per heavy atom. The Bertz CT molecular complexity index is 631. The molecule has 4 aliphatic carbocycles. The maximum atomic E-state index is 12.3. The molecule has 0 aromatic rings. The number of carbonyl (C=O) groups is 1. The number of nitrogens with zero attached hydrogens (tertiary/aromatic N) is 1. The van der Waals surface area contributed by atoms with Crippen molar-refractivity contribution in [3.63, 3.8) is 0 Å². The predicted molar refractivity (Wildman–Crippen MR) is 106 cm³/mol. The second-order valence-electron chi connectivity index (χ2n) is 11.7. The summed E-state index contributed by atoms with van der Waals surface area (Å²) in [5.74, 6) is 1.87. The van der Waals surface area contributed by atoms with Crippen molar-refractivity contribution >= 4 is 6.09 Å². The van der Waals surface area contributed by atoms with E-state index in [9.17, 15) is 9.90 Å². The average molecular weight is 378 g/mol. The summed E-state index contributed by atoms with van der Waals surface area (Å²) in [6, 6.07) is 0. The van der Waals surface area contributed by atoms with E-state index in [-0.39, 0.29) is 28.6 Å². The fourth-order valence-electron chi connectivity index (χ4n) is 8.45. The van der Waals surface area contributed by atoms with E-state index in [0.717, 1.165) is 31.6 Å². The molecular weight excluding hydrogens is 338 g/mol. The van der Waals surface area contributed by atoms with Crippen molar-refractivity contribution in [3.8, 4) is 0 Å². The smallest absolute Gasteiger partial charge is 0.409 e. The van der Waals surface area contributed by atoms with Gasteiger partial charge in [0.05, 0.1) is 6.10 Å². The first-order chi connectivity index (χ1) is 12.4. The average Bonchev–Trinajstić information content (AvgIpc) is 2.88. The monoisotopic (exact) mass is 377 g/mol. The normalized spacial score (nSPS) is 50.5. The molecule has 1 N–H and O–H groups in total. The molecule has 4 heteroatoms. The van der Waals surface area contributed by atoms with Gasteiger partial charge in [0.25, 0.3) is 0 Å². The number of aliphatic hydroxyl groups is 1. The Labute approximate surface area is 165 Å². The lowest BCUT2D eigenvalue weighted by molar-refractivity contribution is -0.193. The van der Waals surface area contributed by atoms with Crippen molar-refractivity contribution in [1.82, 2.24) is 4.90 Å². The maximum Gasteiger partial charge on any atom is 0.409 e. The number of hydrogen-bond acceptors (Lipinski definition) is 3. The van der Waals surface area contributed by atoms with E-state index in [0.29, 0.717) is 17.3 Å². The van der Waals surface area contributed by atoms with Crippen LogP contribution in [0, 0.1) is 34.0 Å². The van der Waals surface area contributed by atoms with Crippen LogP contribution in [0.5, 0.6) is 0 Å². The summed E-state index contributed by atoms with van der Waals surface area (Å²) >= 11 is 0. The third-order valence-electron chi connectivity index (χ3n) is 9.65. The number of rotatable bonds is 1. The van der Waals surface area contributed by atoms with E-state index in [1.807, 2.05) is 0 Å². The number of fused-ring (bicyclic) bond motifs is 2. The molecule has 27 heavy (non-hydrogen) atoms. The van der Waals surface area contributed by atoms with Crippen LogP contribution < -0.4 is 0 Å². The fourth-order valence-corrected chi connectivity index (χ4v) is 8.45. The molecule has 0 aliphatic heterocycles. The molecule has 0 heterocycles. The first-order valence-electron chi connectivity index (χ1n) is 11.0. The second-order valence-corrected chi connectivity index (χ2v) is 11.7. The molecule has 1 spiro atoms. The van der Waals surface area contributed by atoms with Gasteiger partial charge in [0, 0.05) is 14.1 Å². The molecule has 0 saturated heterocycles. The van der Waals surface area contributed by atoms with Crippen LogP contribution in [0.1, 0.15) is 79.1 Å². The van der Waals surface area contributed by atoms with Crippen molar-refractivity contribution in [2.24, 2.45) is 34.0 Å². The summed E-state index contributed by atoms with van der Waals surface area (Å²) in [4.78, 5) is 13.8. The number of amides is 1. The Balaban J connectivity index is 1.66. The van der Waals surface area contributed by atoms with Gasteiger partial charge in [-0.05, 0) is 92.3 Å². The predicted octanol–water partition coefficient (Wildman–Crippen LogP) is 4.85. The van der Waals surface area contributed by atoms with Crippen molar-refractivity contribution < 1.29 is 14.6 Å². The zero-order chi connectivity index (χ0) is 19.8. The number of ether oxygens (including phenoxy) is 1. The molecule has 4 fully saturated rings. The Hall–Kier alpha value is -0.770. The molecule has 4 aliphatic rings. The molecule has 1 amide bonds. The van der Waals surface area contributed by atoms with E-state index < -0.39 is 0 Å². The van der Waals surface area contributed by atoms with Crippen molar-refractivity contribution in [3.05, 3.63) is 0 Å². The minimum atomic E-state index is -0.335. The van der Waals surface area contributed by atoms with E-state index in [1.165, 1.54) is 25.7 Å². The van der Waals surface area contributed by atoms with Gasteiger partial charge >= 0.3 is 6.09 Å². The molecule has 154 valence electrons. The quantitative estimate of drug-likeness (QED) is 0.711. The highest BCUT2D eigenvalue weighted by atomic mass is 16.6. The summed E-state index contributed by atoms with van der Waals surface area (Å²) in [5, 5.41) is 10.8. The second kappa shape index (κ2) is 5.87. The number of carbonyl (C=O) groups excluding carboxylic acids is 1. The summed E-state index contributed by atoms with van der Waals surface area (Å²) in [5.41, 5.74) is 0.406. The topological polar surface area (TPSA) is 49.8 Å². The van der Waals surface area contributed by atoms with Crippen LogP contribution in [-0.2, 0) is 4.74 Å². The standard InChI is InChI=1S/C23H39NO3/c1-20(2)13-17(25)14-21(3)18(20)8-7-15-11-16-12-23(15,21)10-9-22(16,4)27-19(26)24(5)6/h15-18,25H,7-14H2,1-6H3/t15-,16-,17-,18-,21-,22-,23+/m0/s1. The Morgan fingerprint density at radius 1 is 1.00 bits per heavy atom. The molecule has 0 aromatic carbocycles. The SMILES string of the molecule is CN(C)C(=O)O[C@@]1(C)CC[C@@]23C[C@@H]1C[C@@H]2CC[C@H]1C(C)(C)C[C@H](O)C[C@@]13C. The molecule has 0 unspecified atom stereocenters. The third-order valence-corrected chi connectivity index (χ3v) is 9.65. The summed E-state index contributed by atoms with van der Waals surface area (Å²) in [6.07, 6.45) is 8.59. The maximum absolute atomic E-state index is 12.3. The molecule has 4 nitrogen and oxygen atoms in total. The lowest BCUT2D eigenvalue weighted by Gasteiger charge is -2.66. The van der Waals surface area contributed by atoms with E-state index in [4.69, 9.17) is 4.74 Å². The van der Waals surface area contributed by atoms with Gasteiger partial charge in [-0.2, -0.15) is 0 Å². The van der Waals surface area contributed by atoms with Crippen molar-refractivity contribution in [2.45, 2.75) is 90.8 Å². The summed E-state index contributed by atoms with van der Waals surface area (Å²) in [7, 11) is 3.53. The highest BCUT2D eigenvalue weighted by Gasteiger charge is 2.69. The molecule has 0 aromatic heterocycles. The van der Waals surface area contributed by atoms with Gasteiger partial charge in [0.2, 0.25) is 0 Å². The van der Waals surface area contributed by atoms with Crippen LogP contribution >= 0.6 is 0 Å². The minimum Gasteiger partial charge on any atom is -0.443 e. The lowest BCUT2D eigenvalue weighted by atomic mass is 9.39. The van der Waals surface area contributed by atoms with Crippen LogP contribution in [0.25, 0.3) is 0 Å². The van der Waals surface area contributed by atoms with Gasteiger partial charge in [-0.25, -0.2) is 4.79 Å². The third kappa shape index (κ3) is 2.61. The van der Waals surface area contributed by atoms with E-state index in [2.05, 4.69) is 27.7 Å². The molecule has 4 saturated carbocycles. The van der Waals surface area contributed by atoms with E-state index >= 15 is 0 Å². The number of aliphatic hydroxyl groups excluding tert-OH is 1.